The number of carbonyl (C=O) groups excluding carboxylic acids is 1. The number of piperidine rings is 1. The Labute approximate surface area is 193 Å². The average Bonchev–Trinajstić information content (AvgIpc) is 2.81. The fourth-order valence-electron chi connectivity index (χ4n) is 4.11. The molecule has 1 saturated heterocycles. The van der Waals surface area contributed by atoms with Crippen LogP contribution in [0.15, 0.2) is 58.2 Å². The van der Waals surface area contributed by atoms with Gasteiger partial charge in [0, 0.05) is 19.0 Å². The number of nitrogens with one attached hydrogen (secondary N) is 1. The van der Waals surface area contributed by atoms with E-state index in [9.17, 15) is 18.0 Å². The van der Waals surface area contributed by atoms with Crippen molar-refractivity contribution in [2.45, 2.75) is 44.4 Å². The molecular formula is C24H28N4O4S. The quantitative estimate of drug-likeness (QED) is 0.620. The molecule has 1 amide bonds. The van der Waals surface area contributed by atoms with Crippen molar-refractivity contribution in [2.75, 3.05) is 18.5 Å². The van der Waals surface area contributed by atoms with Crippen molar-refractivity contribution in [2.24, 2.45) is 5.92 Å². The number of para-hydroxylation sites is 1. The van der Waals surface area contributed by atoms with Crippen LogP contribution in [0.25, 0.3) is 10.9 Å². The third-order valence-electron chi connectivity index (χ3n) is 6.17. The summed E-state index contributed by atoms with van der Waals surface area (Å²) in [5, 5.41) is 0.424. The van der Waals surface area contributed by atoms with Crippen LogP contribution in [-0.2, 0) is 14.8 Å². The highest BCUT2D eigenvalue weighted by atomic mass is 32.2. The smallest absolute Gasteiger partial charge is 0.273 e. The van der Waals surface area contributed by atoms with Crippen LogP contribution in [0.5, 0.6) is 0 Å². The summed E-state index contributed by atoms with van der Waals surface area (Å²) < 4.78 is 28.6. The molecule has 1 aliphatic heterocycles. The topological polar surface area (TPSA) is 101 Å². The maximum absolute atomic E-state index is 13.0. The fraction of sp³-hybridized carbons (Fsp3) is 0.375. The molecule has 1 fully saturated rings. The molecule has 33 heavy (non-hydrogen) atoms. The van der Waals surface area contributed by atoms with E-state index in [1.165, 1.54) is 8.98 Å². The Hall–Kier alpha value is -3.04. The number of aryl methyl sites for hydroxylation is 1. The summed E-state index contributed by atoms with van der Waals surface area (Å²) in [6.45, 7) is 6.27. The summed E-state index contributed by atoms with van der Waals surface area (Å²) in [7, 11) is -3.61. The van der Waals surface area contributed by atoms with Gasteiger partial charge >= 0.3 is 0 Å². The minimum atomic E-state index is -3.61. The zero-order chi connectivity index (χ0) is 23.8. The molecule has 0 saturated carbocycles. The molecule has 0 aliphatic carbocycles. The van der Waals surface area contributed by atoms with E-state index in [-0.39, 0.29) is 29.5 Å². The molecule has 174 valence electrons. The van der Waals surface area contributed by atoms with Crippen LogP contribution >= 0.6 is 0 Å². The maximum Gasteiger partial charge on any atom is 0.280 e. The van der Waals surface area contributed by atoms with Crippen LogP contribution < -0.4 is 11.0 Å². The molecule has 4 rings (SSSR count). The number of hydrogen-bond donors (Lipinski definition) is 1. The zero-order valence-electron chi connectivity index (χ0n) is 19.0. The lowest BCUT2D eigenvalue weighted by Gasteiger charge is -2.30. The second-order valence-corrected chi connectivity index (χ2v) is 10.6. The van der Waals surface area contributed by atoms with E-state index >= 15 is 0 Å². The van der Waals surface area contributed by atoms with Gasteiger partial charge in [0.2, 0.25) is 15.9 Å². The summed E-state index contributed by atoms with van der Waals surface area (Å²) >= 11 is 0. The maximum atomic E-state index is 13.0. The molecule has 0 spiro atoms. The average molecular weight is 469 g/mol. The van der Waals surface area contributed by atoms with Gasteiger partial charge in [0.05, 0.1) is 15.8 Å². The minimum Gasteiger partial charge on any atom is -0.273 e. The van der Waals surface area contributed by atoms with Crippen molar-refractivity contribution in [3.8, 4) is 0 Å². The van der Waals surface area contributed by atoms with Crippen LogP contribution in [0.2, 0.25) is 0 Å². The van der Waals surface area contributed by atoms with Crippen molar-refractivity contribution in [1.82, 2.24) is 14.0 Å². The lowest BCUT2D eigenvalue weighted by molar-refractivity contribution is -0.121. The highest BCUT2D eigenvalue weighted by Gasteiger charge is 2.32. The van der Waals surface area contributed by atoms with Gasteiger partial charge in [0.1, 0.15) is 5.82 Å². The molecule has 0 radical (unpaired) electrons. The van der Waals surface area contributed by atoms with Crippen molar-refractivity contribution in [3.63, 3.8) is 0 Å². The van der Waals surface area contributed by atoms with Gasteiger partial charge in [-0.1, -0.05) is 38.1 Å². The molecule has 1 aliphatic rings. The Kier molecular flexibility index (Phi) is 6.36. The number of nitrogens with zero attached hydrogens (tertiary/aromatic N) is 3. The van der Waals surface area contributed by atoms with Crippen LogP contribution in [0, 0.1) is 12.8 Å². The van der Waals surface area contributed by atoms with E-state index in [0.29, 0.717) is 35.5 Å². The first-order chi connectivity index (χ1) is 15.7. The Morgan fingerprint density at radius 1 is 1.06 bits per heavy atom. The number of carbonyl (C=O) groups is 1. The summed E-state index contributed by atoms with van der Waals surface area (Å²) in [4.78, 5) is 30.3. The minimum absolute atomic E-state index is 0.246. The highest BCUT2D eigenvalue weighted by molar-refractivity contribution is 7.89. The van der Waals surface area contributed by atoms with Crippen LogP contribution in [-0.4, -0.2) is 41.4 Å². The van der Waals surface area contributed by atoms with Gasteiger partial charge in [-0.25, -0.2) is 18.1 Å². The molecule has 8 nitrogen and oxygen atoms in total. The zero-order valence-corrected chi connectivity index (χ0v) is 19.8. The third-order valence-corrected chi connectivity index (χ3v) is 8.09. The van der Waals surface area contributed by atoms with Crippen molar-refractivity contribution in [3.05, 3.63) is 70.3 Å². The molecule has 2 heterocycles. The molecule has 0 unspecified atom stereocenters. The summed E-state index contributed by atoms with van der Waals surface area (Å²) in [5.74, 6) is 0.00928. The summed E-state index contributed by atoms with van der Waals surface area (Å²) in [6.07, 6.45) is 0.758. The Morgan fingerprint density at radius 2 is 1.70 bits per heavy atom. The van der Waals surface area contributed by atoms with Gasteiger partial charge in [0.25, 0.3) is 5.56 Å². The molecule has 0 atom stereocenters. The lowest BCUT2D eigenvalue weighted by atomic mass is 9.97. The molecular weight excluding hydrogens is 440 g/mol. The van der Waals surface area contributed by atoms with Crippen molar-refractivity contribution in [1.29, 1.82) is 0 Å². The van der Waals surface area contributed by atoms with E-state index in [2.05, 4.69) is 24.3 Å². The predicted molar refractivity (Wildman–Crippen MR) is 127 cm³/mol. The molecule has 1 N–H and O–H groups in total. The predicted octanol–water partition coefficient (Wildman–Crippen LogP) is 3.00. The highest BCUT2D eigenvalue weighted by Crippen LogP contribution is 2.25. The Balaban J connectivity index is 1.44. The number of amides is 1. The molecule has 3 aromatic rings. The third kappa shape index (κ3) is 4.56. The molecule has 1 aromatic heterocycles. The molecule has 0 bridgehead atoms. The van der Waals surface area contributed by atoms with Crippen LogP contribution in [0.3, 0.4) is 0 Å². The van der Waals surface area contributed by atoms with Gasteiger partial charge in [-0.05, 0) is 55.5 Å². The first kappa shape index (κ1) is 23.1. The fourth-order valence-corrected chi connectivity index (χ4v) is 5.58. The second-order valence-electron chi connectivity index (χ2n) is 8.69. The van der Waals surface area contributed by atoms with Gasteiger partial charge in [-0.2, -0.15) is 4.31 Å². The van der Waals surface area contributed by atoms with Crippen molar-refractivity contribution >= 4 is 26.8 Å². The molecule has 2 aromatic carbocycles. The largest absolute Gasteiger partial charge is 0.280 e. The van der Waals surface area contributed by atoms with E-state index < -0.39 is 15.9 Å². The standard InChI is InChI=1S/C24H28N4O4S/c1-16(2)18-8-10-20(11-9-18)33(31,32)27-14-12-19(13-15-27)23(29)26-28-17(3)25-22-7-5-4-6-21(22)24(28)30/h4-11,16,19H,12-15H2,1-3H3,(H,26,29). The summed E-state index contributed by atoms with van der Waals surface area (Å²) in [6, 6.07) is 13.9. The number of sulfonamides is 1. The van der Waals surface area contributed by atoms with Crippen LogP contribution in [0.1, 0.15) is 44.0 Å². The Morgan fingerprint density at radius 3 is 2.33 bits per heavy atom. The molecule has 9 heteroatoms. The van der Waals surface area contributed by atoms with E-state index in [1.54, 1.807) is 43.3 Å². The van der Waals surface area contributed by atoms with Gasteiger partial charge in [0.15, 0.2) is 0 Å². The van der Waals surface area contributed by atoms with Gasteiger partial charge in [-0.3, -0.25) is 15.0 Å². The summed E-state index contributed by atoms with van der Waals surface area (Å²) in [5.41, 5.74) is 4.00. The number of benzene rings is 2. The monoisotopic (exact) mass is 468 g/mol. The number of hydrogen-bond acceptors (Lipinski definition) is 5. The number of aromatic nitrogens is 2. The number of fused-ring (bicyclic) bond motifs is 1. The lowest BCUT2D eigenvalue weighted by Crippen LogP contribution is -2.44. The van der Waals surface area contributed by atoms with Crippen LogP contribution in [0.4, 0.5) is 0 Å². The van der Waals surface area contributed by atoms with Crippen molar-refractivity contribution < 1.29 is 13.2 Å². The Bertz CT molecular complexity index is 1340. The van der Waals surface area contributed by atoms with Gasteiger partial charge in [-0.15, -0.1) is 0 Å². The SMILES string of the molecule is Cc1nc2ccccc2c(=O)n1NC(=O)C1CCN(S(=O)(=O)c2ccc(C(C)C)cc2)CC1. The van der Waals surface area contributed by atoms with E-state index in [0.717, 1.165) is 5.56 Å². The van der Waals surface area contributed by atoms with Gasteiger partial charge < -0.3 is 0 Å². The van der Waals surface area contributed by atoms with E-state index in [4.69, 9.17) is 0 Å². The number of rotatable bonds is 5. The first-order valence-electron chi connectivity index (χ1n) is 11.1. The first-order valence-corrected chi connectivity index (χ1v) is 12.5. The van der Waals surface area contributed by atoms with E-state index in [1.807, 2.05) is 12.1 Å². The second kappa shape index (κ2) is 9.07. The normalized spacial score (nSPS) is 15.8.